The smallest absolute Gasteiger partial charge is 0.332 e. The molecule has 1 amide bonds. The van der Waals surface area contributed by atoms with E-state index in [-0.39, 0.29) is 22.6 Å². The zero-order chi connectivity index (χ0) is 18.3. The molecule has 9 heteroatoms. The summed E-state index contributed by atoms with van der Waals surface area (Å²) < 4.78 is 2.21. The summed E-state index contributed by atoms with van der Waals surface area (Å²) in [6, 6.07) is 2.95. The number of aryl methyl sites for hydroxylation is 1. The number of hydrogen-bond donors (Lipinski definition) is 1. The van der Waals surface area contributed by atoms with Crippen LogP contribution in [0.15, 0.2) is 21.7 Å². The standard InChI is InChI=1S/C16H18N4O5/c1-18-12-10(13(21)19(2)16(18)25)3-4-11(17-12)14(22)20-7-5-9(6-8-20)15(23)24/h3-4,9H,5-8H2,1-2H3,(H,23,24). The first-order valence-corrected chi connectivity index (χ1v) is 7.90. The van der Waals surface area contributed by atoms with Crippen LogP contribution in [0.2, 0.25) is 0 Å². The highest BCUT2D eigenvalue weighted by Crippen LogP contribution is 2.19. The second-order valence-electron chi connectivity index (χ2n) is 6.18. The molecule has 0 atom stereocenters. The lowest BCUT2D eigenvalue weighted by molar-refractivity contribution is -0.143. The van der Waals surface area contributed by atoms with Gasteiger partial charge in [0.25, 0.3) is 11.5 Å². The summed E-state index contributed by atoms with van der Waals surface area (Å²) in [5.41, 5.74) is -0.701. The summed E-state index contributed by atoms with van der Waals surface area (Å²) in [5.74, 6) is -1.61. The first-order valence-electron chi connectivity index (χ1n) is 7.90. The molecule has 1 aliphatic heterocycles. The Balaban J connectivity index is 1.95. The largest absolute Gasteiger partial charge is 0.481 e. The Morgan fingerprint density at radius 2 is 1.76 bits per heavy atom. The van der Waals surface area contributed by atoms with Gasteiger partial charge >= 0.3 is 11.7 Å². The molecule has 9 nitrogen and oxygen atoms in total. The lowest BCUT2D eigenvalue weighted by atomic mass is 9.97. The van der Waals surface area contributed by atoms with Gasteiger partial charge in [-0.3, -0.25) is 23.5 Å². The number of hydrogen-bond acceptors (Lipinski definition) is 5. The summed E-state index contributed by atoms with van der Waals surface area (Å²) in [6.07, 6.45) is 0.793. The number of likely N-dealkylation sites (tertiary alicyclic amines) is 1. The summed E-state index contributed by atoms with van der Waals surface area (Å²) >= 11 is 0. The maximum atomic E-state index is 12.6. The Morgan fingerprint density at radius 3 is 2.36 bits per heavy atom. The van der Waals surface area contributed by atoms with Gasteiger partial charge in [-0.15, -0.1) is 0 Å². The van der Waals surface area contributed by atoms with Gasteiger partial charge in [0, 0.05) is 27.2 Å². The molecule has 1 N–H and O–H groups in total. The van der Waals surface area contributed by atoms with Crippen molar-refractivity contribution in [2.75, 3.05) is 13.1 Å². The van der Waals surface area contributed by atoms with Crippen LogP contribution in [0.3, 0.4) is 0 Å². The third-order valence-electron chi connectivity index (χ3n) is 4.65. The molecule has 132 valence electrons. The number of aromatic nitrogens is 3. The molecule has 0 aliphatic carbocycles. The van der Waals surface area contributed by atoms with E-state index < -0.39 is 23.1 Å². The Labute approximate surface area is 142 Å². The summed E-state index contributed by atoms with van der Waals surface area (Å²) in [6.45, 7) is 0.677. The van der Waals surface area contributed by atoms with Crippen molar-refractivity contribution in [3.63, 3.8) is 0 Å². The van der Waals surface area contributed by atoms with Crippen molar-refractivity contribution in [2.24, 2.45) is 20.0 Å². The lowest BCUT2D eigenvalue weighted by Crippen LogP contribution is -2.41. The predicted molar refractivity (Wildman–Crippen MR) is 88.5 cm³/mol. The van der Waals surface area contributed by atoms with Gasteiger partial charge in [-0.2, -0.15) is 0 Å². The van der Waals surface area contributed by atoms with Gasteiger partial charge in [0.05, 0.1) is 11.3 Å². The Bertz CT molecular complexity index is 982. The minimum absolute atomic E-state index is 0.129. The van der Waals surface area contributed by atoms with Crippen molar-refractivity contribution >= 4 is 22.9 Å². The van der Waals surface area contributed by atoms with E-state index >= 15 is 0 Å². The number of aliphatic carboxylic acids is 1. The highest BCUT2D eigenvalue weighted by Gasteiger charge is 2.28. The van der Waals surface area contributed by atoms with E-state index in [4.69, 9.17) is 5.11 Å². The second kappa shape index (κ2) is 6.15. The van der Waals surface area contributed by atoms with E-state index in [2.05, 4.69) is 4.98 Å². The maximum absolute atomic E-state index is 12.6. The van der Waals surface area contributed by atoms with E-state index in [1.807, 2.05) is 0 Å². The van der Waals surface area contributed by atoms with Crippen LogP contribution in [0.4, 0.5) is 0 Å². The van der Waals surface area contributed by atoms with Crippen molar-refractivity contribution in [1.29, 1.82) is 0 Å². The second-order valence-corrected chi connectivity index (χ2v) is 6.18. The fourth-order valence-corrected chi connectivity index (χ4v) is 3.06. The van der Waals surface area contributed by atoms with E-state index in [1.165, 1.54) is 30.8 Å². The zero-order valence-electron chi connectivity index (χ0n) is 13.9. The van der Waals surface area contributed by atoms with Gasteiger partial charge in [-0.25, -0.2) is 9.78 Å². The van der Waals surface area contributed by atoms with Gasteiger partial charge in [-0.05, 0) is 25.0 Å². The molecule has 0 spiro atoms. The van der Waals surface area contributed by atoms with Gasteiger partial charge in [0.2, 0.25) is 0 Å². The monoisotopic (exact) mass is 346 g/mol. The molecule has 0 aromatic carbocycles. The number of carbonyl (C=O) groups excluding carboxylic acids is 1. The van der Waals surface area contributed by atoms with Crippen molar-refractivity contribution < 1.29 is 14.7 Å². The average molecular weight is 346 g/mol. The minimum Gasteiger partial charge on any atom is -0.481 e. The molecular weight excluding hydrogens is 328 g/mol. The number of carboxylic acids is 1. The minimum atomic E-state index is -0.846. The Kier molecular flexibility index (Phi) is 4.15. The molecule has 2 aromatic heterocycles. The van der Waals surface area contributed by atoms with Crippen LogP contribution >= 0.6 is 0 Å². The fraction of sp³-hybridized carbons (Fsp3) is 0.438. The summed E-state index contributed by atoms with van der Waals surface area (Å²) in [7, 11) is 2.87. The fourth-order valence-electron chi connectivity index (χ4n) is 3.06. The quantitative estimate of drug-likeness (QED) is 0.789. The lowest BCUT2D eigenvalue weighted by Gasteiger charge is -2.29. The van der Waals surface area contributed by atoms with Crippen molar-refractivity contribution in [3.8, 4) is 0 Å². The number of amides is 1. The van der Waals surface area contributed by atoms with Gasteiger partial charge in [0.15, 0.2) is 0 Å². The van der Waals surface area contributed by atoms with E-state index in [0.717, 1.165) is 4.57 Å². The third kappa shape index (κ3) is 2.81. The molecule has 3 heterocycles. The topological polar surface area (TPSA) is 114 Å². The molecule has 0 bridgehead atoms. The molecule has 0 saturated carbocycles. The molecular formula is C16H18N4O5. The summed E-state index contributed by atoms with van der Waals surface area (Å²) in [4.78, 5) is 53.5. The molecule has 1 aliphatic rings. The third-order valence-corrected chi connectivity index (χ3v) is 4.65. The molecule has 2 aromatic rings. The van der Waals surface area contributed by atoms with Crippen LogP contribution in [0.5, 0.6) is 0 Å². The zero-order valence-corrected chi connectivity index (χ0v) is 13.9. The first kappa shape index (κ1) is 16.9. The predicted octanol–water partition coefficient (Wildman–Crippen LogP) is -0.431. The Morgan fingerprint density at radius 1 is 1.12 bits per heavy atom. The normalized spacial score (nSPS) is 15.5. The number of carbonyl (C=O) groups is 2. The van der Waals surface area contributed by atoms with Crippen LogP contribution in [-0.4, -0.2) is 49.1 Å². The van der Waals surface area contributed by atoms with Crippen LogP contribution < -0.4 is 11.2 Å². The van der Waals surface area contributed by atoms with Crippen molar-refractivity contribution in [3.05, 3.63) is 38.7 Å². The van der Waals surface area contributed by atoms with E-state index in [1.54, 1.807) is 4.90 Å². The van der Waals surface area contributed by atoms with Crippen LogP contribution in [0.1, 0.15) is 23.3 Å². The van der Waals surface area contributed by atoms with Crippen LogP contribution in [0, 0.1) is 5.92 Å². The maximum Gasteiger partial charge on any atom is 0.332 e. The molecule has 3 rings (SSSR count). The number of pyridine rings is 1. The number of piperidine rings is 1. The highest BCUT2D eigenvalue weighted by molar-refractivity contribution is 5.94. The first-order chi connectivity index (χ1) is 11.8. The molecule has 0 unspecified atom stereocenters. The average Bonchev–Trinajstić information content (AvgIpc) is 2.63. The number of fused-ring (bicyclic) bond motifs is 1. The number of nitrogens with zero attached hydrogens (tertiary/aromatic N) is 4. The van der Waals surface area contributed by atoms with Crippen molar-refractivity contribution in [1.82, 2.24) is 19.0 Å². The van der Waals surface area contributed by atoms with Crippen LogP contribution in [-0.2, 0) is 18.9 Å². The van der Waals surface area contributed by atoms with Gasteiger partial charge < -0.3 is 10.0 Å². The SMILES string of the molecule is Cn1c(=O)c2ccc(C(=O)N3CCC(C(=O)O)CC3)nc2n(C)c1=O. The number of rotatable bonds is 2. The molecule has 25 heavy (non-hydrogen) atoms. The highest BCUT2D eigenvalue weighted by atomic mass is 16.4. The number of carboxylic acid groups (broad SMARTS) is 1. The van der Waals surface area contributed by atoms with Crippen molar-refractivity contribution in [2.45, 2.75) is 12.8 Å². The van der Waals surface area contributed by atoms with E-state index in [9.17, 15) is 19.2 Å². The van der Waals surface area contributed by atoms with Gasteiger partial charge in [-0.1, -0.05) is 0 Å². The molecule has 1 saturated heterocycles. The summed E-state index contributed by atoms with van der Waals surface area (Å²) in [5, 5.41) is 9.28. The molecule has 0 radical (unpaired) electrons. The van der Waals surface area contributed by atoms with E-state index in [0.29, 0.717) is 25.9 Å². The Hall–Kier alpha value is -2.97. The molecule has 1 fully saturated rings. The van der Waals surface area contributed by atoms with Gasteiger partial charge in [0.1, 0.15) is 11.3 Å². The van der Waals surface area contributed by atoms with Crippen LogP contribution in [0.25, 0.3) is 11.0 Å².